The molecule has 5 nitrogen and oxygen atoms in total. The third-order valence-corrected chi connectivity index (χ3v) is 2.21. The van der Waals surface area contributed by atoms with Crippen LogP contribution in [0.5, 0.6) is 0 Å². The van der Waals surface area contributed by atoms with E-state index >= 15 is 0 Å². The van der Waals surface area contributed by atoms with E-state index in [1.54, 1.807) is 31.2 Å². The average Bonchev–Trinajstić information content (AvgIpc) is 2.78. The molecule has 18 heavy (non-hydrogen) atoms. The quantitative estimate of drug-likeness (QED) is 0.638. The predicted molar refractivity (Wildman–Crippen MR) is 64.8 cm³/mol. The van der Waals surface area contributed by atoms with Crippen molar-refractivity contribution in [2.75, 3.05) is 0 Å². The molecule has 0 aliphatic heterocycles. The summed E-state index contributed by atoms with van der Waals surface area (Å²) in [5.74, 6) is -0.849. The molecule has 0 saturated carbocycles. The highest BCUT2D eigenvalue weighted by Crippen LogP contribution is 2.02. The van der Waals surface area contributed by atoms with Crippen LogP contribution < -0.4 is 5.43 Å². The summed E-state index contributed by atoms with van der Waals surface area (Å²) in [4.78, 5) is 11.5. The zero-order valence-electron chi connectivity index (χ0n) is 9.64. The zero-order chi connectivity index (χ0) is 13.0. The minimum absolute atomic E-state index is 0.234. The molecule has 2 rings (SSSR count). The molecule has 0 fully saturated rings. The Bertz CT molecular complexity index is 591. The van der Waals surface area contributed by atoms with Crippen LogP contribution in [-0.2, 0) is 0 Å². The van der Waals surface area contributed by atoms with Crippen LogP contribution in [0.25, 0.3) is 0 Å². The van der Waals surface area contributed by atoms with Crippen molar-refractivity contribution in [2.45, 2.75) is 6.92 Å². The number of H-pyrrole nitrogens is 1. The third kappa shape index (κ3) is 2.79. The van der Waals surface area contributed by atoms with Gasteiger partial charge < -0.3 is 0 Å². The van der Waals surface area contributed by atoms with Gasteiger partial charge in [0.25, 0.3) is 5.91 Å². The van der Waals surface area contributed by atoms with E-state index in [1.165, 1.54) is 12.3 Å². The molecule has 2 N–H and O–H groups in total. The third-order valence-electron chi connectivity index (χ3n) is 2.21. The number of benzene rings is 1. The number of aryl methyl sites for hydroxylation is 1. The fourth-order valence-electron chi connectivity index (χ4n) is 1.33. The molecule has 0 aliphatic carbocycles. The first-order chi connectivity index (χ1) is 8.66. The normalized spacial score (nSPS) is 10.8. The van der Waals surface area contributed by atoms with E-state index in [0.29, 0.717) is 5.56 Å². The topological polar surface area (TPSA) is 70.1 Å². The highest BCUT2D eigenvalue weighted by Gasteiger charge is 2.07. The number of nitrogens with one attached hydrogen (secondary N) is 2. The van der Waals surface area contributed by atoms with Crippen molar-refractivity contribution < 1.29 is 9.18 Å². The lowest BCUT2D eigenvalue weighted by Crippen LogP contribution is -2.18. The Labute approximate surface area is 103 Å². The summed E-state index contributed by atoms with van der Waals surface area (Å²) in [6.07, 6.45) is 1.24. The van der Waals surface area contributed by atoms with Crippen LogP contribution >= 0.6 is 0 Å². The van der Waals surface area contributed by atoms with Crippen molar-refractivity contribution in [3.8, 4) is 0 Å². The smallest absolute Gasteiger partial charge is 0.282 e. The van der Waals surface area contributed by atoms with Crippen LogP contribution in [0.2, 0.25) is 0 Å². The molecule has 1 amide bonds. The number of rotatable bonds is 3. The van der Waals surface area contributed by atoms with Crippen LogP contribution in [0.1, 0.15) is 21.7 Å². The maximum absolute atomic E-state index is 13.2. The van der Waals surface area contributed by atoms with Gasteiger partial charge in [-0.1, -0.05) is 18.2 Å². The second-order valence-corrected chi connectivity index (χ2v) is 3.66. The molecule has 1 heterocycles. The molecular formula is C12H11FN4O. The van der Waals surface area contributed by atoms with Gasteiger partial charge in [-0.3, -0.25) is 9.89 Å². The summed E-state index contributed by atoms with van der Waals surface area (Å²) in [5.41, 5.74) is 3.58. The Kier molecular flexibility index (Phi) is 3.47. The van der Waals surface area contributed by atoms with Crippen molar-refractivity contribution >= 4 is 12.1 Å². The zero-order valence-corrected chi connectivity index (χ0v) is 9.64. The number of hydrogen-bond acceptors (Lipinski definition) is 3. The van der Waals surface area contributed by atoms with Crippen LogP contribution in [0.4, 0.5) is 4.39 Å². The number of carbonyl (C=O) groups is 1. The molecule has 0 bridgehead atoms. The molecule has 0 saturated heterocycles. The second kappa shape index (κ2) is 5.22. The van der Waals surface area contributed by atoms with Gasteiger partial charge in [-0.15, -0.1) is 0 Å². The fourth-order valence-corrected chi connectivity index (χ4v) is 1.33. The van der Waals surface area contributed by atoms with Gasteiger partial charge in [-0.25, -0.2) is 9.82 Å². The molecular weight excluding hydrogens is 235 g/mol. The Morgan fingerprint density at radius 2 is 2.28 bits per heavy atom. The lowest BCUT2D eigenvalue weighted by atomic mass is 10.2. The molecule has 0 aliphatic rings. The van der Waals surface area contributed by atoms with E-state index in [1.807, 2.05) is 0 Å². The van der Waals surface area contributed by atoms with Gasteiger partial charge in [0.05, 0.1) is 6.21 Å². The van der Waals surface area contributed by atoms with Gasteiger partial charge in [-0.2, -0.15) is 10.2 Å². The number of nitrogens with zero attached hydrogens (tertiary/aromatic N) is 2. The van der Waals surface area contributed by atoms with E-state index in [9.17, 15) is 9.18 Å². The second-order valence-electron chi connectivity index (χ2n) is 3.66. The number of halogens is 1. The SMILES string of the molecule is Cc1cc(C(=O)N/N=C\c2ccccc2F)n[nH]1. The standard InChI is InChI=1S/C12H11FN4O/c1-8-6-11(16-15-8)12(18)17-14-7-9-4-2-3-5-10(9)13/h2-7H,1H3,(H,15,16)(H,17,18)/b14-7-. The Hall–Kier alpha value is -2.50. The van der Waals surface area contributed by atoms with Crippen molar-refractivity contribution in [3.63, 3.8) is 0 Å². The molecule has 0 spiro atoms. The molecule has 2 aromatic rings. The van der Waals surface area contributed by atoms with Crippen LogP contribution in [-0.4, -0.2) is 22.3 Å². The highest BCUT2D eigenvalue weighted by atomic mass is 19.1. The maximum Gasteiger partial charge on any atom is 0.291 e. The number of amides is 1. The number of carbonyl (C=O) groups excluding carboxylic acids is 1. The van der Waals surface area contributed by atoms with Gasteiger partial charge in [0.15, 0.2) is 5.69 Å². The van der Waals surface area contributed by atoms with Gasteiger partial charge in [0.2, 0.25) is 0 Å². The number of hydrazone groups is 1. The molecule has 0 unspecified atom stereocenters. The Balaban J connectivity index is 2.00. The Morgan fingerprint density at radius 3 is 2.94 bits per heavy atom. The van der Waals surface area contributed by atoms with Crippen molar-refractivity contribution in [1.29, 1.82) is 0 Å². The highest BCUT2D eigenvalue weighted by molar-refractivity contribution is 5.93. The van der Waals surface area contributed by atoms with Crippen LogP contribution in [0.3, 0.4) is 0 Å². The first-order valence-electron chi connectivity index (χ1n) is 5.27. The lowest BCUT2D eigenvalue weighted by Gasteiger charge is -1.96. The summed E-state index contributed by atoms with van der Waals surface area (Å²) in [5, 5.41) is 10.1. The Morgan fingerprint density at radius 1 is 1.50 bits per heavy atom. The molecule has 1 aromatic heterocycles. The number of hydrogen-bond donors (Lipinski definition) is 2. The van der Waals surface area contributed by atoms with Gasteiger partial charge in [0.1, 0.15) is 5.82 Å². The van der Waals surface area contributed by atoms with Crippen molar-refractivity contribution in [2.24, 2.45) is 5.10 Å². The summed E-state index contributed by atoms with van der Waals surface area (Å²) in [7, 11) is 0. The van der Waals surface area contributed by atoms with Gasteiger partial charge in [-0.05, 0) is 19.1 Å². The minimum Gasteiger partial charge on any atom is -0.282 e. The first kappa shape index (κ1) is 12.0. The predicted octanol–water partition coefficient (Wildman–Crippen LogP) is 1.62. The molecule has 92 valence electrons. The monoisotopic (exact) mass is 246 g/mol. The summed E-state index contributed by atoms with van der Waals surface area (Å²) in [6.45, 7) is 1.78. The molecule has 6 heteroatoms. The first-order valence-corrected chi connectivity index (χ1v) is 5.27. The van der Waals surface area contributed by atoms with E-state index in [4.69, 9.17) is 0 Å². The summed E-state index contributed by atoms with van der Waals surface area (Å²) < 4.78 is 13.2. The van der Waals surface area contributed by atoms with Crippen molar-refractivity contribution in [3.05, 3.63) is 53.1 Å². The largest absolute Gasteiger partial charge is 0.291 e. The molecule has 1 aromatic carbocycles. The van der Waals surface area contributed by atoms with E-state index in [-0.39, 0.29) is 5.69 Å². The van der Waals surface area contributed by atoms with E-state index in [0.717, 1.165) is 5.69 Å². The number of aromatic amines is 1. The minimum atomic E-state index is -0.452. The fraction of sp³-hybridized carbons (Fsp3) is 0.0833. The van der Waals surface area contributed by atoms with Gasteiger partial charge >= 0.3 is 0 Å². The van der Waals surface area contributed by atoms with Crippen LogP contribution in [0.15, 0.2) is 35.4 Å². The van der Waals surface area contributed by atoms with Crippen LogP contribution in [0, 0.1) is 12.7 Å². The lowest BCUT2D eigenvalue weighted by molar-refractivity contribution is 0.0950. The average molecular weight is 246 g/mol. The van der Waals surface area contributed by atoms with Crippen molar-refractivity contribution in [1.82, 2.24) is 15.6 Å². The number of aromatic nitrogens is 2. The van der Waals surface area contributed by atoms with E-state index < -0.39 is 11.7 Å². The molecule has 0 radical (unpaired) electrons. The molecule has 0 atom stereocenters. The maximum atomic E-state index is 13.2. The summed E-state index contributed by atoms with van der Waals surface area (Å²) >= 11 is 0. The van der Waals surface area contributed by atoms with E-state index in [2.05, 4.69) is 20.7 Å². The summed E-state index contributed by atoms with van der Waals surface area (Å²) in [6, 6.07) is 7.74. The van der Waals surface area contributed by atoms with Gasteiger partial charge in [0, 0.05) is 11.3 Å².